The molecular formula is C28H36N8O. The maximum atomic E-state index is 13.3. The van der Waals surface area contributed by atoms with E-state index < -0.39 is 0 Å². The number of carbonyl (C=O) groups excluding carboxylic acids is 1. The van der Waals surface area contributed by atoms with Gasteiger partial charge < -0.3 is 20.1 Å². The molecule has 9 nitrogen and oxygen atoms in total. The zero-order valence-electron chi connectivity index (χ0n) is 21.9. The lowest BCUT2D eigenvalue weighted by atomic mass is 10.0. The molecule has 4 heterocycles. The van der Waals surface area contributed by atoms with Crippen LogP contribution in [0.3, 0.4) is 0 Å². The molecule has 5 rings (SSSR count). The van der Waals surface area contributed by atoms with Crippen LogP contribution in [0.4, 0.5) is 11.6 Å². The Kier molecular flexibility index (Phi) is 7.62. The number of aromatic nitrogens is 3. The van der Waals surface area contributed by atoms with E-state index in [1.807, 2.05) is 55.2 Å². The summed E-state index contributed by atoms with van der Waals surface area (Å²) in [5.41, 5.74) is 3.98. The molecule has 0 radical (unpaired) electrons. The fraction of sp³-hybridized carbons (Fsp3) is 0.429. The number of hydrogen-bond acceptors (Lipinski definition) is 7. The van der Waals surface area contributed by atoms with Crippen LogP contribution in [0.5, 0.6) is 0 Å². The summed E-state index contributed by atoms with van der Waals surface area (Å²) in [6, 6.07) is 10.3. The summed E-state index contributed by atoms with van der Waals surface area (Å²) < 4.78 is 0. The molecule has 2 aliphatic rings. The van der Waals surface area contributed by atoms with Crippen molar-refractivity contribution in [2.75, 3.05) is 51.6 Å². The number of likely N-dealkylation sites (tertiary alicyclic amines) is 1. The number of aliphatic imine (C=N–C) groups is 1. The second kappa shape index (κ2) is 11.2. The Hall–Kier alpha value is -3.56. The van der Waals surface area contributed by atoms with Crippen molar-refractivity contribution in [3.63, 3.8) is 0 Å². The minimum absolute atomic E-state index is 0.0777. The number of benzene rings is 1. The molecule has 194 valence electrons. The Bertz CT molecular complexity index is 1300. The molecule has 1 aromatic carbocycles. The average molecular weight is 501 g/mol. The summed E-state index contributed by atoms with van der Waals surface area (Å²) in [4.78, 5) is 36.9. The highest BCUT2D eigenvalue weighted by Crippen LogP contribution is 2.25. The Morgan fingerprint density at radius 3 is 2.59 bits per heavy atom. The molecule has 1 amide bonds. The molecule has 0 aliphatic carbocycles. The van der Waals surface area contributed by atoms with E-state index in [2.05, 4.69) is 42.1 Å². The number of rotatable bonds is 6. The molecule has 0 bridgehead atoms. The van der Waals surface area contributed by atoms with E-state index in [0.29, 0.717) is 17.7 Å². The molecule has 9 heteroatoms. The highest BCUT2D eigenvalue weighted by molar-refractivity contribution is 5.98. The summed E-state index contributed by atoms with van der Waals surface area (Å²) >= 11 is 0. The number of nitrogens with zero attached hydrogens (tertiary/aromatic N) is 6. The van der Waals surface area contributed by atoms with Crippen molar-refractivity contribution in [1.82, 2.24) is 29.7 Å². The number of anilines is 2. The predicted molar refractivity (Wildman–Crippen MR) is 149 cm³/mol. The van der Waals surface area contributed by atoms with Gasteiger partial charge in [0.05, 0.1) is 11.4 Å². The number of amides is 1. The van der Waals surface area contributed by atoms with Gasteiger partial charge in [0.25, 0.3) is 5.91 Å². The number of piperidine rings is 1. The van der Waals surface area contributed by atoms with Gasteiger partial charge in [-0.15, -0.1) is 0 Å². The number of fused-ring (bicyclic) bond motifs is 1. The van der Waals surface area contributed by atoms with Crippen LogP contribution in [0.2, 0.25) is 0 Å². The van der Waals surface area contributed by atoms with Gasteiger partial charge >= 0.3 is 0 Å². The zero-order chi connectivity index (χ0) is 25.8. The topological polar surface area (TPSA) is 92.7 Å². The maximum Gasteiger partial charge on any atom is 0.270 e. The summed E-state index contributed by atoms with van der Waals surface area (Å²) in [6.07, 6.45) is 7.48. The van der Waals surface area contributed by atoms with Crippen LogP contribution < -0.4 is 5.32 Å². The molecule has 0 atom stereocenters. The van der Waals surface area contributed by atoms with Crippen molar-refractivity contribution in [2.24, 2.45) is 4.99 Å². The van der Waals surface area contributed by atoms with Gasteiger partial charge in [-0.05, 0) is 64.1 Å². The summed E-state index contributed by atoms with van der Waals surface area (Å²) in [7, 11) is 2.19. The average Bonchev–Trinajstić information content (AvgIpc) is 3.35. The molecular weight excluding hydrogens is 464 g/mol. The van der Waals surface area contributed by atoms with Gasteiger partial charge in [0.15, 0.2) is 0 Å². The molecule has 2 aromatic heterocycles. The quantitative estimate of drug-likeness (QED) is 0.497. The first-order valence-electron chi connectivity index (χ1n) is 13.1. The SMILES string of the molecule is CC=N/C(=C\C)c1ccnc(Nc2ccc3[nH]c(C(=O)N4CCC(N5CCN(C)CC5)CC4)cc3c2)n1. The molecule has 2 saturated heterocycles. The number of likely N-dealkylation sites (N-methyl/N-ethyl adjacent to an activating group) is 1. The molecule has 0 saturated carbocycles. The van der Waals surface area contributed by atoms with Gasteiger partial charge in [0.2, 0.25) is 5.95 Å². The van der Waals surface area contributed by atoms with Crippen molar-refractivity contribution in [3.8, 4) is 0 Å². The van der Waals surface area contributed by atoms with Crippen LogP contribution in [-0.2, 0) is 0 Å². The van der Waals surface area contributed by atoms with E-state index in [9.17, 15) is 4.79 Å². The fourth-order valence-corrected chi connectivity index (χ4v) is 5.24. The summed E-state index contributed by atoms with van der Waals surface area (Å²) in [5, 5.41) is 4.25. The monoisotopic (exact) mass is 500 g/mol. The van der Waals surface area contributed by atoms with Gasteiger partial charge in [-0.1, -0.05) is 6.08 Å². The van der Waals surface area contributed by atoms with Gasteiger partial charge in [0.1, 0.15) is 5.69 Å². The zero-order valence-corrected chi connectivity index (χ0v) is 21.9. The smallest absolute Gasteiger partial charge is 0.270 e. The highest BCUT2D eigenvalue weighted by atomic mass is 16.2. The second-order valence-electron chi connectivity index (χ2n) is 9.80. The third-order valence-corrected chi connectivity index (χ3v) is 7.37. The predicted octanol–water partition coefficient (Wildman–Crippen LogP) is 4.01. The number of aromatic amines is 1. The van der Waals surface area contributed by atoms with Crippen LogP contribution in [0.25, 0.3) is 16.6 Å². The molecule has 0 unspecified atom stereocenters. The van der Waals surface area contributed by atoms with Crippen molar-refractivity contribution in [2.45, 2.75) is 32.7 Å². The van der Waals surface area contributed by atoms with E-state index >= 15 is 0 Å². The number of carbonyl (C=O) groups is 1. The van der Waals surface area contributed by atoms with Crippen LogP contribution in [0.15, 0.2) is 47.6 Å². The first kappa shape index (κ1) is 25.1. The molecule has 3 aromatic rings. The van der Waals surface area contributed by atoms with Crippen LogP contribution in [0, 0.1) is 0 Å². The lowest BCUT2D eigenvalue weighted by molar-refractivity contribution is 0.0515. The van der Waals surface area contributed by atoms with Gasteiger partial charge in [-0.3, -0.25) is 14.7 Å². The van der Waals surface area contributed by atoms with Gasteiger partial charge in [-0.2, -0.15) is 0 Å². The lowest BCUT2D eigenvalue weighted by Gasteiger charge is -2.42. The Balaban J connectivity index is 1.24. The summed E-state index contributed by atoms with van der Waals surface area (Å²) in [6.45, 7) is 9.96. The van der Waals surface area contributed by atoms with Crippen LogP contribution in [-0.4, -0.2) is 94.1 Å². The molecule has 2 N–H and O–H groups in total. The standard InChI is InChI=1S/C28H36N8O/c1-4-23(29-5-2)25-8-11-30-28(33-25)31-21-6-7-24-20(18-21)19-26(32-24)27(37)36-12-9-22(10-13-36)35-16-14-34(3)15-17-35/h4-8,11,18-19,22,32H,9-10,12-17H2,1-3H3,(H,30,31,33)/b23-4-,29-5?. The first-order chi connectivity index (χ1) is 18.0. The van der Waals surface area contributed by atoms with Crippen LogP contribution >= 0.6 is 0 Å². The Morgan fingerprint density at radius 1 is 1.08 bits per heavy atom. The third-order valence-electron chi connectivity index (χ3n) is 7.37. The number of allylic oxidation sites excluding steroid dienone is 1. The number of piperazine rings is 1. The summed E-state index contributed by atoms with van der Waals surface area (Å²) in [5.74, 6) is 0.575. The fourth-order valence-electron chi connectivity index (χ4n) is 5.24. The van der Waals surface area contributed by atoms with Crippen molar-refractivity contribution in [3.05, 3.63) is 54.0 Å². The Morgan fingerprint density at radius 2 is 1.86 bits per heavy atom. The third kappa shape index (κ3) is 5.73. The largest absolute Gasteiger partial charge is 0.351 e. The van der Waals surface area contributed by atoms with Gasteiger partial charge in [-0.25, -0.2) is 9.97 Å². The maximum absolute atomic E-state index is 13.3. The molecule has 37 heavy (non-hydrogen) atoms. The Labute approximate surface area is 218 Å². The van der Waals surface area contributed by atoms with E-state index in [-0.39, 0.29) is 5.91 Å². The van der Waals surface area contributed by atoms with Crippen LogP contribution in [0.1, 0.15) is 42.9 Å². The second-order valence-corrected chi connectivity index (χ2v) is 9.80. The van der Waals surface area contributed by atoms with E-state index in [1.54, 1.807) is 12.4 Å². The number of H-pyrrole nitrogens is 1. The van der Waals surface area contributed by atoms with Gasteiger partial charge in [0, 0.05) is 74.3 Å². The number of nitrogens with one attached hydrogen (secondary N) is 2. The lowest BCUT2D eigenvalue weighted by Crippen LogP contribution is -2.53. The molecule has 2 aliphatic heterocycles. The normalized spacial score (nSPS) is 18.7. The van der Waals surface area contributed by atoms with Crippen molar-refractivity contribution >= 4 is 40.4 Å². The van der Waals surface area contributed by atoms with Crippen molar-refractivity contribution in [1.29, 1.82) is 0 Å². The number of hydrogen-bond donors (Lipinski definition) is 2. The van der Waals surface area contributed by atoms with E-state index in [4.69, 9.17) is 0 Å². The molecule has 2 fully saturated rings. The van der Waals surface area contributed by atoms with E-state index in [0.717, 1.165) is 80.1 Å². The van der Waals surface area contributed by atoms with E-state index in [1.165, 1.54) is 0 Å². The molecule has 0 spiro atoms. The van der Waals surface area contributed by atoms with Crippen molar-refractivity contribution < 1.29 is 4.79 Å². The highest BCUT2D eigenvalue weighted by Gasteiger charge is 2.29. The minimum Gasteiger partial charge on any atom is -0.351 e. The first-order valence-corrected chi connectivity index (χ1v) is 13.1. The minimum atomic E-state index is 0.0777.